The van der Waals surface area contributed by atoms with Crippen molar-refractivity contribution in [1.82, 2.24) is 0 Å². The van der Waals surface area contributed by atoms with E-state index < -0.39 is 5.91 Å². The van der Waals surface area contributed by atoms with E-state index in [2.05, 4.69) is 5.32 Å². The predicted octanol–water partition coefficient (Wildman–Crippen LogP) is 3.89. The van der Waals surface area contributed by atoms with Crippen molar-refractivity contribution < 1.29 is 9.59 Å². The third kappa shape index (κ3) is 2.72. The Balaban J connectivity index is 1.91. The second kappa shape index (κ2) is 5.91. The normalized spacial score (nSPS) is 13.0. The molecule has 1 aromatic carbocycles. The summed E-state index contributed by atoms with van der Waals surface area (Å²) in [6, 6.07) is 4.63. The van der Waals surface area contributed by atoms with Crippen molar-refractivity contribution in [3.63, 3.8) is 0 Å². The molecule has 3 rings (SSSR count). The topological polar surface area (TPSA) is 72.2 Å². The van der Waals surface area contributed by atoms with Gasteiger partial charge in [0.1, 0.15) is 5.00 Å². The van der Waals surface area contributed by atoms with Crippen molar-refractivity contribution in [1.29, 1.82) is 0 Å². The Hall–Kier alpha value is -1.56. The van der Waals surface area contributed by atoms with Crippen LogP contribution in [0.4, 0.5) is 5.00 Å². The van der Waals surface area contributed by atoms with E-state index in [1.807, 2.05) is 0 Å². The zero-order chi connectivity index (χ0) is 15.9. The van der Waals surface area contributed by atoms with Gasteiger partial charge in [-0.3, -0.25) is 9.59 Å². The van der Waals surface area contributed by atoms with Crippen LogP contribution in [0.2, 0.25) is 10.0 Å². The van der Waals surface area contributed by atoms with Gasteiger partial charge in [-0.25, -0.2) is 0 Å². The van der Waals surface area contributed by atoms with Gasteiger partial charge in [-0.15, -0.1) is 11.3 Å². The molecule has 0 saturated carbocycles. The Morgan fingerprint density at radius 2 is 1.95 bits per heavy atom. The molecular formula is C15H12Cl2N2O2S. The second-order valence-electron chi connectivity index (χ2n) is 5.01. The van der Waals surface area contributed by atoms with Gasteiger partial charge >= 0.3 is 0 Å². The van der Waals surface area contributed by atoms with Crippen LogP contribution in [-0.2, 0) is 12.8 Å². The fraction of sp³-hybridized carbons (Fsp3) is 0.200. The van der Waals surface area contributed by atoms with Gasteiger partial charge in [0, 0.05) is 10.4 Å². The number of thiophene rings is 1. The monoisotopic (exact) mass is 354 g/mol. The summed E-state index contributed by atoms with van der Waals surface area (Å²) in [4.78, 5) is 25.1. The molecule has 7 heteroatoms. The molecule has 4 nitrogen and oxygen atoms in total. The van der Waals surface area contributed by atoms with E-state index >= 15 is 0 Å². The molecule has 0 saturated heterocycles. The summed E-state index contributed by atoms with van der Waals surface area (Å²) in [5.74, 6) is -0.857. The van der Waals surface area contributed by atoms with Crippen molar-refractivity contribution in [2.24, 2.45) is 5.73 Å². The molecule has 0 spiro atoms. The molecule has 114 valence electrons. The first kappa shape index (κ1) is 15.3. The van der Waals surface area contributed by atoms with E-state index in [-0.39, 0.29) is 5.91 Å². The Kier molecular flexibility index (Phi) is 4.12. The molecule has 22 heavy (non-hydrogen) atoms. The van der Waals surface area contributed by atoms with Crippen LogP contribution in [0.3, 0.4) is 0 Å². The van der Waals surface area contributed by atoms with Crippen molar-refractivity contribution in [2.45, 2.75) is 19.3 Å². The summed E-state index contributed by atoms with van der Waals surface area (Å²) in [7, 11) is 0. The summed E-state index contributed by atoms with van der Waals surface area (Å²) in [6.07, 6.45) is 2.76. The van der Waals surface area contributed by atoms with Gasteiger partial charge in [0.2, 0.25) is 0 Å². The van der Waals surface area contributed by atoms with Crippen LogP contribution in [-0.4, -0.2) is 11.8 Å². The largest absolute Gasteiger partial charge is 0.365 e. The minimum atomic E-state index is -0.510. The molecule has 3 N–H and O–H groups in total. The Bertz CT molecular complexity index is 786. The third-order valence-electron chi connectivity index (χ3n) is 3.58. The van der Waals surface area contributed by atoms with Gasteiger partial charge in [-0.1, -0.05) is 23.2 Å². The number of benzene rings is 1. The average molecular weight is 355 g/mol. The maximum absolute atomic E-state index is 12.3. The number of primary amides is 1. The van der Waals surface area contributed by atoms with Crippen LogP contribution in [0.5, 0.6) is 0 Å². The number of rotatable bonds is 3. The number of carbonyl (C=O) groups excluding carboxylic acids is 2. The summed E-state index contributed by atoms with van der Waals surface area (Å²) in [5.41, 5.74) is 7.25. The number of carbonyl (C=O) groups is 2. The Labute approximate surface area is 141 Å². The first-order chi connectivity index (χ1) is 10.5. The summed E-state index contributed by atoms with van der Waals surface area (Å²) < 4.78 is 0. The molecule has 1 aliphatic rings. The van der Waals surface area contributed by atoms with E-state index in [1.54, 1.807) is 12.1 Å². The van der Waals surface area contributed by atoms with Gasteiger partial charge in [-0.05, 0) is 43.0 Å². The lowest BCUT2D eigenvalue weighted by Gasteiger charge is -2.07. The number of amides is 2. The summed E-state index contributed by atoms with van der Waals surface area (Å²) in [6.45, 7) is 0. The number of nitrogens with one attached hydrogen (secondary N) is 1. The maximum Gasteiger partial charge on any atom is 0.256 e. The predicted molar refractivity (Wildman–Crippen MR) is 89.3 cm³/mol. The van der Waals surface area contributed by atoms with Crippen LogP contribution in [0.25, 0.3) is 0 Å². The van der Waals surface area contributed by atoms with Crippen molar-refractivity contribution >= 4 is 51.4 Å². The number of hydrogen-bond donors (Lipinski definition) is 2. The highest BCUT2D eigenvalue weighted by Gasteiger charge is 2.26. The molecule has 0 radical (unpaired) electrons. The van der Waals surface area contributed by atoms with Crippen molar-refractivity contribution in [3.05, 3.63) is 49.8 Å². The smallest absolute Gasteiger partial charge is 0.256 e. The molecule has 0 aliphatic heterocycles. The third-order valence-corrected chi connectivity index (χ3v) is 5.52. The zero-order valence-corrected chi connectivity index (χ0v) is 13.7. The van der Waals surface area contributed by atoms with Gasteiger partial charge in [-0.2, -0.15) is 0 Å². The number of hydrogen-bond acceptors (Lipinski definition) is 3. The van der Waals surface area contributed by atoms with Crippen LogP contribution in [0, 0.1) is 0 Å². The van der Waals surface area contributed by atoms with Crippen molar-refractivity contribution in [2.75, 3.05) is 5.32 Å². The minimum Gasteiger partial charge on any atom is -0.365 e. The average Bonchev–Trinajstić information content (AvgIpc) is 3.01. The molecule has 2 aromatic rings. The van der Waals surface area contributed by atoms with Gasteiger partial charge < -0.3 is 11.1 Å². The highest BCUT2D eigenvalue weighted by atomic mass is 35.5. The van der Waals surface area contributed by atoms with Crippen LogP contribution in [0.15, 0.2) is 18.2 Å². The van der Waals surface area contributed by atoms with E-state index in [4.69, 9.17) is 28.9 Å². The number of anilines is 1. The highest BCUT2D eigenvalue weighted by molar-refractivity contribution is 7.17. The van der Waals surface area contributed by atoms with Crippen molar-refractivity contribution in [3.8, 4) is 0 Å². The fourth-order valence-electron chi connectivity index (χ4n) is 2.57. The second-order valence-corrected chi connectivity index (χ2v) is 6.93. The fourth-order valence-corrected chi connectivity index (χ4v) is 4.15. The van der Waals surface area contributed by atoms with Gasteiger partial charge in [0.15, 0.2) is 0 Å². The lowest BCUT2D eigenvalue weighted by molar-refractivity contribution is 0.100. The van der Waals surface area contributed by atoms with Crippen LogP contribution in [0.1, 0.15) is 37.6 Å². The summed E-state index contributed by atoms with van der Waals surface area (Å²) >= 11 is 13.2. The summed E-state index contributed by atoms with van der Waals surface area (Å²) in [5, 5.41) is 3.95. The van der Waals surface area contributed by atoms with E-state index in [1.165, 1.54) is 17.4 Å². The zero-order valence-electron chi connectivity index (χ0n) is 11.4. The van der Waals surface area contributed by atoms with E-state index in [9.17, 15) is 9.59 Å². The molecule has 1 aliphatic carbocycles. The van der Waals surface area contributed by atoms with Gasteiger partial charge in [0.05, 0.1) is 15.6 Å². The molecule has 0 fully saturated rings. The molecule has 2 amide bonds. The quantitative estimate of drug-likeness (QED) is 0.877. The minimum absolute atomic E-state index is 0.304. The molecule has 0 bridgehead atoms. The van der Waals surface area contributed by atoms with Crippen LogP contribution < -0.4 is 11.1 Å². The van der Waals surface area contributed by atoms with Gasteiger partial charge in [0.25, 0.3) is 11.8 Å². The molecular weight excluding hydrogens is 343 g/mol. The highest BCUT2D eigenvalue weighted by Crippen LogP contribution is 2.39. The van der Waals surface area contributed by atoms with Crippen LogP contribution >= 0.6 is 34.5 Å². The molecule has 1 heterocycles. The maximum atomic E-state index is 12.3. The number of halogens is 2. The Morgan fingerprint density at radius 1 is 1.18 bits per heavy atom. The Morgan fingerprint density at radius 3 is 2.64 bits per heavy atom. The standard InChI is InChI=1S/C15H12Cl2N2O2S/c16-9-5-4-7(6-10(9)17)14(21)19-15-12(13(18)20)8-2-1-3-11(8)22-15/h4-6H,1-3H2,(H2,18,20)(H,19,21). The number of fused-ring (bicyclic) bond motifs is 1. The van der Waals surface area contributed by atoms with E-state index in [0.29, 0.717) is 26.2 Å². The first-order valence-corrected chi connectivity index (χ1v) is 8.25. The molecule has 0 atom stereocenters. The number of aryl methyl sites for hydroxylation is 1. The molecule has 1 aromatic heterocycles. The van der Waals surface area contributed by atoms with E-state index in [0.717, 1.165) is 29.7 Å². The first-order valence-electron chi connectivity index (χ1n) is 6.68. The number of nitrogens with two attached hydrogens (primary N) is 1. The SMILES string of the molecule is NC(=O)c1c(NC(=O)c2ccc(Cl)c(Cl)c2)sc2c1CCC2. The lowest BCUT2D eigenvalue weighted by Crippen LogP contribution is -2.17. The lowest BCUT2D eigenvalue weighted by atomic mass is 10.1. The molecule has 0 unspecified atom stereocenters.